The van der Waals surface area contributed by atoms with Gasteiger partial charge in [-0.25, -0.2) is 0 Å². The zero-order chi connectivity index (χ0) is 16.2. The third-order valence-corrected chi connectivity index (χ3v) is 5.04. The van der Waals surface area contributed by atoms with Crippen LogP contribution in [-0.4, -0.2) is 5.78 Å². The van der Waals surface area contributed by atoms with Crippen LogP contribution in [0.2, 0.25) is 0 Å². The highest BCUT2D eigenvalue weighted by molar-refractivity contribution is 7.16. The van der Waals surface area contributed by atoms with Gasteiger partial charge in [-0.2, -0.15) is 0 Å². The SMILES string of the molecule is CC(=O)c1c(Nc2ccccc2)sc(Cc2ccccc2)c1C. The van der Waals surface area contributed by atoms with E-state index in [1.54, 1.807) is 18.3 Å². The third-order valence-electron chi connectivity index (χ3n) is 3.84. The molecule has 0 bridgehead atoms. The van der Waals surface area contributed by atoms with Gasteiger partial charge in [0.05, 0.1) is 5.56 Å². The molecule has 2 nitrogen and oxygen atoms in total. The van der Waals surface area contributed by atoms with Gasteiger partial charge in [-0.15, -0.1) is 11.3 Å². The van der Waals surface area contributed by atoms with Gasteiger partial charge < -0.3 is 5.32 Å². The zero-order valence-electron chi connectivity index (χ0n) is 13.3. The van der Waals surface area contributed by atoms with E-state index in [4.69, 9.17) is 0 Å². The molecule has 0 radical (unpaired) electrons. The minimum atomic E-state index is 0.108. The molecule has 0 unspecified atom stereocenters. The van der Waals surface area contributed by atoms with E-state index in [0.29, 0.717) is 0 Å². The standard InChI is InChI=1S/C20H19NOS/c1-14-18(13-16-9-5-3-6-10-16)23-20(19(14)15(2)22)21-17-11-7-4-8-12-17/h3-12,21H,13H2,1-2H3. The number of carbonyl (C=O) groups is 1. The maximum absolute atomic E-state index is 12.1. The van der Waals surface area contributed by atoms with Crippen molar-refractivity contribution < 1.29 is 4.79 Å². The molecule has 23 heavy (non-hydrogen) atoms. The van der Waals surface area contributed by atoms with Crippen LogP contribution in [0.1, 0.15) is 33.3 Å². The second-order valence-electron chi connectivity index (χ2n) is 5.56. The summed E-state index contributed by atoms with van der Waals surface area (Å²) in [6.07, 6.45) is 0.855. The summed E-state index contributed by atoms with van der Waals surface area (Å²) in [4.78, 5) is 13.3. The molecular weight excluding hydrogens is 302 g/mol. The van der Waals surface area contributed by atoms with E-state index in [2.05, 4.69) is 17.4 Å². The summed E-state index contributed by atoms with van der Waals surface area (Å²) in [6.45, 7) is 3.68. The van der Waals surface area contributed by atoms with Gasteiger partial charge >= 0.3 is 0 Å². The Morgan fingerprint density at radius 1 is 1.00 bits per heavy atom. The highest BCUT2D eigenvalue weighted by Gasteiger charge is 2.18. The normalized spacial score (nSPS) is 10.5. The number of thiophene rings is 1. The Hall–Kier alpha value is -2.39. The van der Waals surface area contributed by atoms with Crippen molar-refractivity contribution in [2.75, 3.05) is 5.32 Å². The van der Waals surface area contributed by atoms with Crippen LogP contribution in [0.5, 0.6) is 0 Å². The van der Waals surface area contributed by atoms with Gasteiger partial charge in [-0.3, -0.25) is 4.79 Å². The second-order valence-corrected chi connectivity index (χ2v) is 6.67. The average molecular weight is 321 g/mol. The number of ketones is 1. The molecule has 2 aromatic carbocycles. The first kappa shape index (κ1) is 15.5. The van der Waals surface area contributed by atoms with Gasteiger partial charge in [-0.05, 0) is 37.1 Å². The summed E-state index contributed by atoms with van der Waals surface area (Å²) >= 11 is 1.67. The molecule has 1 heterocycles. The van der Waals surface area contributed by atoms with Gasteiger partial charge in [0.1, 0.15) is 5.00 Å². The summed E-state index contributed by atoms with van der Waals surface area (Å²) < 4.78 is 0. The van der Waals surface area contributed by atoms with E-state index in [1.807, 2.05) is 55.5 Å². The molecule has 0 saturated heterocycles. The highest BCUT2D eigenvalue weighted by atomic mass is 32.1. The number of para-hydroxylation sites is 1. The molecule has 1 N–H and O–H groups in total. The smallest absolute Gasteiger partial charge is 0.163 e. The number of carbonyl (C=O) groups excluding carboxylic acids is 1. The molecule has 3 rings (SSSR count). The first-order chi connectivity index (χ1) is 11.1. The van der Waals surface area contributed by atoms with Crippen LogP contribution in [0.4, 0.5) is 10.7 Å². The van der Waals surface area contributed by atoms with Crippen LogP contribution < -0.4 is 5.32 Å². The van der Waals surface area contributed by atoms with E-state index in [-0.39, 0.29) is 5.78 Å². The van der Waals surface area contributed by atoms with Crippen LogP contribution in [0, 0.1) is 6.92 Å². The van der Waals surface area contributed by atoms with E-state index in [0.717, 1.165) is 28.2 Å². The lowest BCUT2D eigenvalue weighted by Crippen LogP contribution is -1.99. The molecule has 0 saturated carbocycles. The van der Waals surface area contributed by atoms with Gasteiger partial charge in [0.25, 0.3) is 0 Å². The van der Waals surface area contributed by atoms with Crippen molar-refractivity contribution in [2.45, 2.75) is 20.3 Å². The van der Waals surface area contributed by atoms with Crippen LogP contribution in [-0.2, 0) is 6.42 Å². The monoisotopic (exact) mass is 321 g/mol. The third kappa shape index (κ3) is 3.51. The Kier molecular flexibility index (Phi) is 4.58. The average Bonchev–Trinajstić information content (AvgIpc) is 2.85. The van der Waals surface area contributed by atoms with Gasteiger partial charge in [0.15, 0.2) is 5.78 Å². The lowest BCUT2D eigenvalue weighted by Gasteiger charge is -2.05. The summed E-state index contributed by atoms with van der Waals surface area (Å²) in [5.74, 6) is 0.108. The first-order valence-corrected chi connectivity index (χ1v) is 8.46. The Morgan fingerprint density at radius 2 is 1.61 bits per heavy atom. The number of rotatable bonds is 5. The van der Waals surface area contributed by atoms with E-state index in [9.17, 15) is 4.79 Å². The Balaban J connectivity index is 1.96. The van der Waals surface area contributed by atoms with Crippen LogP contribution in [0.25, 0.3) is 0 Å². The fraction of sp³-hybridized carbons (Fsp3) is 0.150. The molecule has 0 aliphatic rings. The fourth-order valence-electron chi connectivity index (χ4n) is 2.67. The first-order valence-electron chi connectivity index (χ1n) is 7.64. The van der Waals surface area contributed by atoms with E-state index < -0.39 is 0 Å². The largest absolute Gasteiger partial charge is 0.347 e. The number of anilines is 2. The predicted molar refractivity (Wildman–Crippen MR) is 98.0 cm³/mol. The molecule has 0 fully saturated rings. The van der Waals surface area contributed by atoms with Crippen molar-refractivity contribution in [3.05, 3.63) is 82.2 Å². The molecule has 116 valence electrons. The van der Waals surface area contributed by atoms with Crippen molar-refractivity contribution >= 4 is 27.8 Å². The Labute approximate surface area is 140 Å². The lowest BCUT2D eigenvalue weighted by molar-refractivity contribution is 0.101. The summed E-state index contributed by atoms with van der Waals surface area (Å²) in [6, 6.07) is 20.3. The second kappa shape index (κ2) is 6.80. The minimum absolute atomic E-state index is 0.108. The lowest BCUT2D eigenvalue weighted by atomic mass is 10.0. The van der Waals surface area contributed by atoms with E-state index in [1.165, 1.54) is 10.4 Å². The van der Waals surface area contributed by atoms with Gasteiger partial charge in [0, 0.05) is 17.0 Å². The van der Waals surface area contributed by atoms with Crippen molar-refractivity contribution in [2.24, 2.45) is 0 Å². The summed E-state index contributed by atoms with van der Waals surface area (Å²) in [7, 11) is 0. The van der Waals surface area contributed by atoms with Crippen molar-refractivity contribution in [1.29, 1.82) is 0 Å². The Bertz CT molecular complexity index is 806. The van der Waals surface area contributed by atoms with Crippen LogP contribution in [0.3, 0.4) is 0 Å². The molecule has 0 aliphatic carbocycles. The fourth-order valence-corrected chi connectivity index (χ4v) is 3.98. The van der Waals surface area contributed by atoms with Crippen LogP contribution >= 0.6 is 11.3 Å². The topological polar surface area (TPSA) is 29.1 Å². The molecule has 3 aromatic rings. The quantitative estimate of drug-likeness (QED) is 0.620. The van der Waals surface area contributed by atoms with Crippen LogP contribution in [0.15, 0.2) is 60.7 Å². The highest BCUT2D eigenvalue weighted by Crippen LogP contribution is 2.36. The Morgan fingerprint density at radius 3 is 2.22 bits per heavy atom. The molecule has 0 spiro atoms. The molecule has 0 amide bonds. The van der Waals surface area contributed by atoms with Crippen molar-refractivity contribution in [3.63, 3.8) is 0 Å². The van der Waals surface area contributed by atoms with Gasteiger partial charge in [0.2, 0.25) is 0 Å². The maximum atomic E-state index is 12.1. The van der Waals surface area contributed by atoms with Crippen molar-refractivity contribution in [1.82, 2.24) is 0 Å². The van der Waals surface area contributed by atoms with E-state index >= 15 is 0 Å². The zero-order valence-corrected chi connectivity index (χ0v) is 14.1. The number of hydrogen-bond acceptors (Lipinski definition) is 3. The van der Waals surface area contributed by atoms with Crippen molar-refractivity contribution in [3.8, 4) is 0 Å². The summed E-state index contributed by atoms with van der Waals surface area (Å²) in [5.41, 5.74) is 4.16. The summed E-state index contributed by atoms with van der Waals surface area (Å²) in [5, 5.41) is 4.34. The number of benzene rings is 2. The minimum Gasteiger partial charge on any atom is -0.347 e. The molecule has 1 aromatic heterocycles. The predicted octanol–water partition coefficient (Wildman–Crippen LogP) is 5.59. The molecule has 0 aliphatic heterocycles. The number of hydrogen-bond donors (Lipinski definition) is 1. The van der Waals surface area contributed by atoms with Gasteiger partial charge in [-0.1, -0.05) is 48.5 Å². The molecule has 3 heteroatoms. The molecule has 0 atom stereocenters. The maximum Gasteiger partial charge on any atom is 0.163 e. The number of Topliss-reactive ketones (excluding diaryl/α,β-unsaturated/α-hetero) is 1. The molecular formula is C20H19NOS. The number of nitrogens with one attached hydrogen (secondary N) is 1.